The summed E-state index contributed by atoms with van der Waals surface area (Å²) in [7, 11) is 3.03. The molecule has 0 saturated heterocycles. The molecular weight excluding hydrogens is 288 g/mol. The number of ether oxygens (including phenoxy) is 1. The zero-order valence-electron chi connectivity index (χ0n) is 9.35. The van der Waals surface area contributed by atoms with Crippen molar-refractivity contribution in [1.29, 1.82) is 0 Å². The summed E-state index contributed by atoms with van der Waals surface area (Å²) >= 11 is 3.34. The van der Waals surface area contributed by atoms with E-state index in [4.69, 9.17) is 0 Å². The first-order valence-corrected chi connectivity index (χ1v) is 5.72. The molecule has 0 aliphatic rings. The molecule has 1 atom stereocenters. The second-order valence-corrected chi connectivity index (χ2v) is 4.37. The summed E-state index contributed by atoms with van der Waals surface area (Å²) in [5, 5.41) is 14.8. The third-order valence-electron chi connectivity index (χ3n) is 2.57. The molecule has 0 bridgehead atoms. The van der Waals surface area contributed by atoms with E-state index >= 15 is 0 Å². The Morgan fingerprint density at radius 3 is 2.94 bits per heavy atom. The second-order valence-electron chi connectivity index (χ2n) is 3.62. The molecule has 1 heterocycles. The van der Waals surface area contributed by atoms with Crippen LogP contribution in [0.25, 0.3) is 10.9 Å². The van der Waals surface area contributed by atoms with E-state index in [1.165, 1.54) is 7.11 Å². The molecule has 0 aliphatic heterocycles. The Morgan fingerprint density at radius 1 is 1.59 bits per heavy atom. The van der Waals surface area contributed by atoms with Crippen molar-refractivity contribution in [1.82, 2.24) is 9.78 Å². The average Bonchev–Trinajstić information content (AvgIpc) is 2.62. The summed E-state index contributed by atoms with van der Waals surface area (Å²) < 4.78 is 6.90. The normalized spacial score (nSPS) is 12.7. The predicted molar refractivity (Wildman–Crippen MR) is 65.4 cm³/mol. The average molecular weight is 299 g/mol. The molecule has 6 heteroatoms. The topological polar surface area (TPSA) is 64.3 Å². The highest BCUT2D eigenvalue weighted by atomic mass is 79.9. The fourth-order valence-corrected chi connectivity index (χ4v) is 2.22. The Morgan fingerprint density at radius 2 is 2.29 bits per heavy atom. The van der Waals surface area contributed by atoms with Crippen molar-refractivity contribution in [2.75, 3.05) is 7.11 Å². The standard InChI is InChI=1S/C11H11BrN2O3/c1-14-8-5-6(9(15)11(16)17-2)3-4-7(8)10(12)13-14/h3-5,9,15H,1-2H3. The van der Waals surface area contributed by atoms with Gasteiger partial charge in [0.25, 0.3) is 0 Å². The number of hydrogen-bond donors (Lipinski definition) is 1. The maximum atomic E-state index is 11.2. The largest absolute Gasteiger partial charge is 0.467 e. The number of aliphatic hydroxyl groups excluding tert-OH is 1. The van der Waals surface area contributed by atoms with Gasteiger partial charge in [0.2, 0.25) is 0 Å². The zero-order chi connectivity index (χ0) is 12.6. The Bertz CT molecular complexity index is 579. The van der Waals surface area contributed by atoms with E-state index in [1.54, 1.807) is 29.9 Å². The molecule has 1 aromatic heterocycles. The molecule has 90 valence electrons. The van der Waals surface area contributed by atoms with Gasteiger partial charge in [-0.25, -0.2) is 4.79 Å². The minimum atomic E-state index is -1.27. The highest BCUT2D eigenvalue weighted by Gasteiger charge is 2.19. The summed E-state index contributed by atoms with van der Waals surface area (Å²) in [6.07, 6.45) is -1.27. The van der Waals surface area contributed by atoms with Crippen LogP contribution >= 0.6 is 15.9 Å². The summed E-state index contributed by atoms with van der Waals surface area (Å²) in [5.41, 5.74) is 1.32. The third-order valence-corrected chi connectivity index (χ3v) is 3.16. The molecule has 5 nitrogen and oxygen atoms in total. The van der Waals surface area contributed by atoms with E-state index < -0.39 is 12.1 Å². The highest BCUT2D eigenvalue weighted by molar-refractivity contribution is 9.10. The van der Waals surface area contributed by atoms with Gasteiger partial charge in [-0.2, -0.15) is 5.10 Å². The molecule has 0 aliphatic carbocycles. The van der Waals surface area contributed by atoms with E-state index in [0.717, 1.165) is 15.5 Å². The summed E-state index contributed by atoms with van der Waals surface area (Å²) in [6.45, 7) is 0. The van der Waals surface area contributed by atoms with Crippen molar-refractivity contribution in [2.45, 2.75) is 6.10 Å². The van der Waals surface area contributed by atoms with E-state index in [-0.39, 0.29) is 0 Å². The molecule has 2 aromatic rings. The van der Waals surface area contributed by atoms with Crippen LogP contribution < -0.4 is 0 Å². The maximum Gasteiger partial charge on any atom is 0.339 e. The van der Waals surface area contributed by atoms with Crippen LogP contribution in [0, 0.1) is 0 Å². The molecule has 0 saturated carbocycles. The molecule has 17 heavy (non-hydrogen) atoms. The van der Waals surface area contributed by atoms with Crippen molar-refractivity contribution in [3.8, 4) is 0 Å². The Labute approximate surface area is 106 Å². The van der Waals surface area contributed by atoms with Gasteiger partial charge in [-0.15, -0.1) is 0 Å². The molecule has 1 unspecified atom stereocenters. The molecule has 2 rings (SSSR count). The number of carbonyl (C=O) groups excluding carboxylic acids is 1. The first-order valence-electron chi connectivity index (χ1n) is 4.92. The lowest BCUT2D eigenvalue weighted by atomic mass is 10.1. The van der Waals surface area contributed by atoms with E-state index in [9.17, 15) is 9.90 Å². The fourth-order valence-electron chi connectivity index (χ4n) is 1.65. The van der Waals surface area contributed by atoms with Crippen molar-refractivity contribution in [3.05, 3.63) is 28.4 Å². The Hall–Kier alpha value is -1.40. The minimum Gasteiger partial charge on any atom is -0.467 e. The van der Waals surface area contributed by atoms with Gasteiger partial charge in [0.05, 0.1) is 12.6 Å². The van der Waals surface area contributed by atoms with Crippen LogP contribution in [0.4, 0.5) is 0 Å². The zero-order valence-corrected chi connectivity index (χ0v) is 10.9. The lowest BCUT2D eigenvalue weighted by Gasteiger charge is -2.08. The van der Waals surface area contributed by atoms with Gasteiger partial charge in [0.1, 0.15) is 4.60 Å². The highest BCUT2D eigenvalue weighted by Crippen LogP contribution is 2.26. The number of methoxy groups -OCH3 is 1. The summed E-state index contributed by atoms with van der Waals surface area (Å²) in [4.78, 5) is 11.2. The lowest BCUT2D eigenvalue weighted by Crippen LogP contribution is -2.13. The van der Waals surface area contributed by atoms with Crippen LogP contribution in [-0.2, 0) is 16.6 Å². The van der Waals surface area contributed by atoms with Crippen LogP contribution in [-0.4, -0.2) is 28.0 Å². The van der Waals surface area contributed by atoms with Gasteiger partial charge in [0.15, 0.2) is 6.10 Å². The lowest BCUT2D eigenvalue weighted by molar-refractivity contribution is -0.150. The number of aromatic nitrogens is 2. The minimum absolute atomic E-state index is 0.486. The fraction of sp³-hybridized carbons (Fsp3) is 0.273. The first-order chi connectivity index (χ1) is 8.04. The van der Waals surface area contributed by atoms with Crippen LogP contribution in [0.5, 0.6) is 0 Å². The number of hydrogen-bond acceptors (Lipinski definition) is 4. The van der Waals surface area contributed by atoms with Gasteiger partial charge >= 0.3 is 5.97 Å². The number of aliphatic hydroxyl groups is 1. The number of fused-ring (bicyclic) bond motifs is 1. The smallest absolute Gasteiger partial charge is 0.339 e. The Kier molecular flexibility index (Phi) is 3.17. The summed E-state index contributed by atoms with van der Waals surface area (Å²) in [6, 6.07) is 5.19. The number of carbonyl (C=O) groups is 1. The maximum absolute atomic E-state index is 11.2. The molecule has 0 radical (unpaired) electrons. The predicted octanol–water partition coefficient (Wildman–Crippen LogP) is 1.54. The third kappa shape index (κ3) is 2.05. The molecule has 1 aromatic carbocycles. The van der Waals surface area contributed by atoms with E-state index in [2.05, 4.69) is 25.8 Å². The van der Waals surface area contributed by atoms with Gasteiger partial charge in [-0.05, 0) is 33.6 Å². The number of benzene rings is 1. The first kappa shape index (κ1) is 12.1. The summed E-state index contributed by atoms with van der Waals surface area (Å²) in [5.74, 6) is -0.675. The van der Waals surface area contributed by atoms with Crippen LogP contribution in [0.2, 0.25) is 0 Å². The van der Waals surface area contributed by atoms with Gasteiger partial charge in [0, 0.05) is 12.4 Å². The van der Waals surface area contributed by atoms with E-state index in [0.29, 0.717) is 5.56 Å². The molecule has 0 amide bonds. The van der Waals surface area contributed by atoms with Crippen LogP contribution in [0.1, 0.15) is 11.7 Å². The van der Waals surface area contributed by atoms with Crippen LogP contribution in [0.3, 0.4) is 0 Å². The molecule has 0 fully saturated rings. The monoisotopic (exact) mass is 298 g/mol. The van der Waals surface area contributed by atoms with Gasteiger partial charge in [-0.3, -0.25) is 4.68 Å². The molecular formula is C11H11BrN2O3. The van der Waals surface area contributed by atoms with Gasteiger partial charge < -0.3 is 9.84 Å². The molecule has 1 N–H and O–H groups in total. The van der Waals surface area contributed by atoms with Crippen molar-refractivity contribution in [2.24, 2.45) is 7.05 Å². The quantitative estimate of drug-likeness (QED) is 0.854. The SMILES string of the molecule is COC(=O)C(O)c1ccc2c(Br)nn(C)c2c1. The van der Waals surface area contributed by atoms with Gasteiger partial charge in [-0.1, -0.05) is 6.07 Å². The van der Waals surface area contributed by atoms with Crippen LogP contribution in [0.15, 0.2) is 22.8 Å². The number of halogens is 1. The Balaban J connectivity index is 2.51. The second kappa shape index (κ2) is 4.46. The number of aryl methyl sites for hydroxylation is 1. The van der Waals surface area contributed by atoms with Crippen molar-refractivity contribution >= 4 is 32.8 Å². The number of rotatable bonds is 2. The number of esters is 1. The number of nitrogens with zero attached hydrogens (tertiary/aromatic N) is 2. The molecule has 0 spiro atoms. The van der Waals surface area contributed by atoms with Crippen molar-refractivity contribution < 1.29 is 14.6 Å². The van der Waals surface area contributed by atoms with Crippen molar-refractivity contribution in [3.63, 3.8) is 0 Å². The van der Waals surface area contributed by atoms with E-state index in [1.807, 2.05) is 0 Å².